The van der Waals surface area contributed by atoms with E-state index in [2.05, 4.69) is 32.9 Å². The predicted octanol–water partition coefficient (Wildman–Crippen LogP) is 4.05. The molecule has 122 valence electrons. The molecule has 1 N–H and O–H groups in total. The van der Waals surface area contributed by atoms with Gasteiger partial charge in [-0.25, -0.2) is 18.7 Å². The van der Waals surface area contributed by atoms with Crippen molar-refractivity contribution in [3.8, 4) is 11.3 Å². The molecule has 24 heavy (non-hydrogen) atoms. The van der Waals surface area contributed by atoms with E-state index < -0.39 is 11.8 Å². The Balaban J connectivity index is 1.98. The number of halogens is 2. The summed E-state index contributed by atoms with van der Waals surface area (Å²) in [6.45, 7) is 2.06. The van der Waals surface area contributed by atoms with Crippen LogP contribution >= 0.6 is 15.9 Å². The molecule has 3 aromatic rings. The summed E-state index contributed by atoms with van der Waals surface area (Å²) in [5.41, 5.74) is 1.85. The van der Waals surface area contributed by atoms with E-state index in [0.717, 1.165) is 18.5 Å². The SMILES string of the molecule is CC1(c2cc(C(=O)O)nc3cc(-c4cccc(Br)c4F)nn23)CC1. The van der Waals surface area contributed by atoms with Gasteiger partial charge in [0.05, 0.1) is 15.9 Å². The van der Waals surface area contributed by atoms with E-state index in [1.54, 1.807) is 34.8 Å². The molecule has 0 saturated heterocycles. The maximum absolute atomic E-state index is 14.4. The number of fused-ring (bicyclic) bond motifs is 1. The second-order valence-corrected chi connectivity index (χ2v) is 7.15. The first kappa shape index (κ1) is 15.3. The Labute approximate surface area is 145 Å². The van der Waals surface area contributed by atoms with E-state index in [0.29, 0.717) is 21.4 Å². The van der Waals surface area contributed by atoms with Gasteiger partial charge in [0.1, 0.15) is 5.82 Å². The van der Waals surface area contributed by atoms with Crippen molar-refractivity contribution in [1.82, 2.24) is 14.6 Å². The van der Waals surface area contributed by atoms with Gasteiger partial charge in [-0.1, -0.05) is 13.0 Å². The summed E-state index contributed by atoms with van der Waals surface area (Å²) < 4.78 is 16.3. The molecule has 1 aromatic carbocycles. The second-order valence-electron chi connectivity index (χ2n) is 6.29. The molecule has 1 fully saturated rings. The maximum atomic E-state index is 14.4. The van der Waals surface area contributed by atoms with Crippen LogP contribution in [0.15, 0.2) is 34.8 Å². The van der Waals surface area contributed by atoms with Crippen LogP contribution in [0, 0.1) is 5.82 Å². The summed E-state index contributed by atoms with van der Waals surface area (Å²) in [5, 5.41) is 13.8. The van der Waals surface area contributed by atoms with E-state index in [9.17, 15) is 14.3 Å². The van der Waals surface area contributed by atoms with Crippen LogP contribution in [-0.2, 0) is 5.41 Å². The molecule has 4 rings (SSSR count). The number of carboxylic acids is 1. The molecular weight excluding hydrogens is 377 g/mol. The zero-order chi connectivity index (χ0) is 17.1. The summed E-state index contributed by atoms with van der Waals surface area (Å²) in [5.74, 6) is -1.49. The largest absolute Gasteiger partial charge is 0.477 e. The Kier molecular flexibility index (Phi) is 3.25. The van der Waals surface area contributed by atoms with Gasteiger partial charge in [-0.3, -0.25) is 0 Å². The number of hydrogen-bond acceptors (Lipinski definition) is 3. The van der Waals surface area contributed by atoms with E-state index in [1.807, 2.05) is 0 Å². The monoisotopic (exact) mass is 389 g/mol. The Morgan fingerprint density at radius 1 is 1.38 bits per heavy atom. The van der Waals surface area contributed by atoms with Crippen LogP contribution in [-0.4, -0.2) is 25.7 Å². The Morgan fingerprint density at radius 3 is 2.79 bits per heavy atom. The molecule has 0 spiro atoms. The molecule has 1 aliphatic carbocycles. The number of rotatable bonds is 3. The van der Waals surface area contributed by atoms with Crippen LogP contribution in [0.25, 0.3) is 16.9 Å². The minimum absolute atomic E-state index is 0.0215. The lowest BCUT2D eigenvalue weighted by Crippen LogP contribution is -2.13. The lowest BCUT2D eigenvalue weighted by atomic mass is 10.0. The highest BCUT2D eigenvalue weighted by atomic mass is 79.9. The molecule has 0 unspecified atom stereocenters. The fourth-order valence-corrected chi connectivity index (χ4v) is 3.16. The number of carbonyl (C=O) groups is 1. The third kappa shape index (κ3) is 2.31. The van der Waals surface area contributed by atoms with E-state index in [1.165, 1.54) is 0 Å². The molecule has 0 radical (unpaired) electrons. The number of benzene rings is 1. The number of nitrogens with zero attached hydrogens (tertiary/aromatic N) is 3. The highest BCUT2D eigenvalue weighted by Crippen LogP contribution is 2.47. The second kappa shape index (κ2) is 5.11. The molecule has 1 aliphatic rings. The molecule has 2 aromatic heterocycles. The predicted molar refractivity (Wildman–Crippen MR) is 89.6 cm³/mol. The average molecular weight is 390 g/mol. The van der Waals surface area contributed by atoms with Crippen molar-refractivity contribution in [2.75, 3.05) is 0 Å². The number of hydrogen-bond donors (Lipinski definition) is 1. The van der Waals surface area contributed by atoms with Crippen LogP contribution in [0.3, 0.4) is 0 Å². The summed E-state index contributed by atoms with van der Waals surface area (Å²) >= 11 is 3.17. The molecule has 7 heteroatoms. The van der Waals surface area contributed by atoms with Crippen molar-refractivity contribution in [1.29, 1.82) is 0 Å². The topological polar surface area (TPSA) is 67.5 Å². The molecule has 0 bridgehead atoms. The van der Waals surface area contributed by atoms with Crippen molar-refractivity contribution in [2.45, 2.75) is 25.2 Å². The van der Waals surface area contributed by atoms with E-state index in [4.69, 9.17) is 0 Å². The van der Waals surface area contributed by atoms with Crippen molar-refractivity contribution < 1.29 is 14.3 Å². The van der Waals surface area contributed by atoms with Crippen molar-refractivity contribution in [2.24, 2.45) is 0 Å². The summed E-state index contributed by atoms with van der Waals surface area (Å²) in [6.07, 6.45) is 1.93. The molecule has 5 nitrogen and oxygen atoms in total. The molecule has 0 atom stereocenters. The first-order valence-corrected chi connectivity index (χ1v) is 8.27. The van der Waals surface area contributed by atoms with Crippen LogP contribution in [0.4, 0.5) is 4.39 Å². The normalized spacial score (nSPS) is 15.6. The molecule has 2 heterocycles. The van der Waals surface area contributed by atoms with Crippen LogP contribution in [0.2, 0.25) is 0 Å². The van der Waals surface area contributed by atoms with Gasteiger partial charge in [0.2, 0.25) is 0 Å². The number of aromatic nitrogens is 3. The van der Waals surface area contributed by atoms with Crippen LogP contribution in [0.5, 0.6) is 0 Å². The minimum Gasteiger partial charge on any atom is -0.477 e. The Morgan fingerprint density at radius 2 is 2.12 bits per heavy atom. The van der Waals surface area contributed by atoms with Crippen molar-refractivity contribution in [3.63, 3.8) is 0 Å². The van der Waals surface area contributed by atoms with Gasteiger partial charge in [0.25, 0.3) is 0 Å². The molecule has 1 saturated carbocycles. The van der Waals surface area contributed by atoms with Gasteiger partial charge in [0.15, 0.2) is 11.3 Å². The Hall–Kier alpha value is -2.28. The fraction of sp³-hybridized carbons (Fsp3) is 0.235. The zero-order valence-electron chi connectivity index (χ0n) is 12.8. The zero-order valence-corrected chi connectivity index (χ0v) is 14.3. The summed E-state index contributed by atoms with van der Waals surface area (Å²) in [7, 11) is 0. The van der Waals surface area contributed by atoms with E-state index >= 15 is 0 Å². The summed E-state index contributed by atoms with van der Waals surface area (Å²) in [6, 6.07) is 8.17. The first-order chi connectivity index (χ1) is 11.4. The maximum Gasteiger partial charge on any atom is 0.354 e. The average Bonchev–Trinajstić information content (AvgIpc) is 3.14. The minimum atomic E-state index is -1.08. The fourth-order valence-electron chi connectivity index (χ4n) is 2.79. The highest BCUT2D eigenvalue weighted by molar-refractivity contribution is 9.10. The lowest BCUT2D eigenvalue weighted by Gasteiger charge is -2.11. The van der Waals surface area contributed by atoms with E-state index in [-0.39, 0.29) is 11.1 Å². The third-order valence-corrected chi connectivity index (χ3v) is 5.10. The van der Waals surface area contributed by atoms with Gasteiger partial charge < -0.3 is 5.11 Å². The molecular formula is C17H13BrFN3O2. The first-order valence-electron chi connectivity index (χ1n) is 7.48. The van der Waals surface area contributed by atoms with Gasteiger partial charge in [-0.05, 0) is 47.0 Å². The summed E-state index contributed by atoms with van der Waals surface area (Å²) in [4.78, 5) is 15.5. The van der Waals surface area contributed by atoms with Crippen LogP contribution < -0.4 is 0 Å². The van der Waals surface area contributed by atoms with Gasteiger partial charge in [0, 0.05) is 17.0 Å². The number of carboxylic acid groups (broad SMARTS) is 1. The molecule has 0 aliphatic heterocycles. The smallest absolute Gasteiger partial charge is 0.354 e. The van der Waals surface area contributed by atoms with Crippen LogP contribution in [0.1, 0.15) is 35.9 Å². The molecule has 0 amide bonds. The quantitative estimate of drug-likeness (QED) is 0.733. The van der Waals surface area contributed by atoms with Gasteiger partial charge >= 0.3 is 5.97 Å². The van der Waals surface area contributed by atoms with Crippen molar-refractivity contribution in [3.05, 3.63) is 52.0 Å². The highest BCUT2D eigenvalue weighted by Gasteiger charge is 2.42. The van der Waals surface area contributed by atoms with Gasteiger partial charge in [-0.2, -0.15) is 5.10 Å². The van der Waals surface area contributed by atoms with Gasteiger partial charge in [-0.15, -0.1) is 0 Å². The van der Waals surface area contributed by atoms with Crippen molar-refractivity contribution >= 4 is 27.5 Å². The third-order valence-electron chi connectivity index (χ3n) is 4.49. The Bertz CT molecular complexity index is 995. The lowest BCUT2D eigenvalue weighted by molar-refractivity contribution is 0.0690. The number of aromatic carboxylic acids is 1. The standard InChI is InChI=1S/C17H13BrFN3O2/c1-17(5-6-17)13-7-12(16(23)24)20-14-8-11(21-22(13)14)9-3-2-4-10(18)15(9)19/h2-4,7-8H,5-6H2,1H3,(H,23,24).